The average Bonchev–Trinajstić information content (AvgIpc) is 2.88. The van der Waals surface area contributed by atoms with E-state index in [1.165, 1.54) is 0 Å². The van der Waals surface area contributed by atoms with E-state index in [4.69, 9.17) is 0 Å². The Balaban J connectivity index is 2.63. The molecule has 0 aliphatic carbocycles. The van der Waals surface area contributed by atoms with Crippen LogP contribution in [0.15, 0.2) is 12.3 Å². The van der Waals surface area contributed by atoms with Gasteiger partial charge in [-0.1, -0.05) is 13.8 Å². The fourth-order valence-electron chi connectivity index (χ4n) is 1.95. The maximum absolute atomic E-state index is 12.4. The summed E-state index contributed by atoms with van der Waals surface area (Å²) in [4.78, 5) is 23.0. The number of hydrogen-bond acceptors (Lipinski definition) is 3. The molecule has 0 aliphatic rings. The molecule has 0 fully saturated rings. The lowest BCUT2D eigenvalue weighted by molar-refractivity contribution is -0.149. The number of carbonyl (C=O) groups excluding carboxylic acids is 1. The molecule has 0 bridgehead atoms. The number of alkyl halides is 3. The summed E-state index contributed by atoms with van der Waals surface area (Å²) in [7, 11) is 0. The van der Waals surface area contributed by atoms with E-state index >= 15 is 0 Å². The van der Waals surface area contributed by atoms with Crippen LogP contribution in [-0.4, -0.2) is 33.3 Å². The van der Waals surface area contributed by atoms with Gasteiger partial charge in [0, 0.05) is 12.7 Å². The molecule has 0 saturated carbocycles. The molecule has 0 aliphatic heterocycles. The molecule has 1 heterocycles. The van der Waals surface area contributed by atoms with Crippen LogP contribution < -0.4 is 5.32 Å². The predicted octanol–water partition coefficient (Wildman–Crippen LogP) is 1.91. The number of amides is 1. The molecule has 0 radical (unpaired) electrons. The molecule has 2 N–H and O–H groups in total. The van der Waals surface area contributed by atoms with Crippen molar-refractivity contribution in [1.82, 2.24) is 15.1 Å². The summed E-state index contributed by atoms with van der Waals surface area (Å²) in [5.41, 5.74) is -2.15. The summed E-state index contributed by atoms with van der Waals surface area (Å²) in [5, 5.41) is 14.9. The number of carboxylic acids is 1. The summed E-state index contributed by atoms with van der Waals surface area (Å²) in [6.45, 7) is 2.92. The van der Waals surface area contributed by atoms with Crippen molar-refractivity contribution in [2.45, 2.75) is 39.4 Å². The number of carbonyl (C=O) groups is 2. The number of nitrogens with zero attached hydrogens (tertiary/aromatic N) is 2. The first-order valence-corrected chi connectivity index (χ1v) is 6.75. The number of hydrogen-bond donors (Lipinski definition) is 2. The molecular formula is C13H18F3N3O3. The quantitative estimate of drug-likeness (QED) is 0.803. The molecule has 0 atom stereocenters. The smallest absolute Gasteiger partial charge is 0.435 e. The molecule has 0 spiro atoms. The number of aromatic nitrogens is 2. The van der Waals surface area contributed by atoms with Gasteiger partial charge in [0.1, 0.15) is 6.54 Å². The van der Waals surface area contributed by atoms with Gasteiger partial charge >= 0.3 is 12.1 Å². The molecular weight excluding hydrogens is 303 g/mol. The Hall–Kier alpha value is -2.06. The van der Waals surface area contributed by atoms with Crippen molar-refractivity contribution in [2.24, 2.45) is 5.41 Å². The second-order valence-electron chi connectivity index (χ2n) is 4.97. The highest BCUT2D eigenvalue weighted by Crippen LogP contribution is 2.27. The second-order valence-corrected chi connectivity index (χ2v) is 4.97. The zero-order valence-corrected chi connectivity index (χ0v) is 12.3. The van der Waals surface area contributed by atoms with Crippen LogP contribution in [0, 0.1) is 5.41 Å². The zero-order valence-electron chi connectivity index (χ0n) is 12.3. The van der Waals surface area contributed by atoms with E-state index in [0.29, 0.717) is 12.8 Å². The van der Waals surface area contributed by atoms with Crippen molar-refractivity contribution in [1.29, 1.82) is 0 Å². The van der Waals surface area contributed by atoms with Gasteiger partial charge < -0.3 is 10.4 Å². The van der Waals surface area contributed by atoms with E-state index in [2.05, 4.69) is 10.4 Å². The Labute approximate surface area is 125 Å². The molecule has 0 aromatic carbocycles. The van der Waals surface area contributed by atoms with Crippen molar-refractivity contribution in [3.05, 3.63) is 18.0 Å². The van der Waals surface area contributed by atoms with Crippen molar-refractivity contribution in [2.75, 3.05) is 6.54 Å². The minimum atomic E-state index is -4.56. The first-order valence-electron chi connectivity index (χ1n) is 6.75. The normalized spacial score (nSPS) is 12.2. The Kier molecular flexibility index (Phi) is 5.56. The van der Waals surface area contributed by atoms with Crippen LogP contribution in [0.3, 0.4) is 0 Å². The maximum Gasteiger partial charge on any atom is 0.435 e. The van der Waals surface area contributed by atoms with E-state index in [9.17, 15) is 27.9 Å². The molecule has 1 rings (SSSR count). The Morgan fingerprint density at radius 3 is 2.32 bits per heavy atom. The lowest BCUT2D eigenvalue weighted by Gasteiger charge is -2.26. The van der Waals surface area contributed by atoms with Gasteiger partial charge in [0.2, 0.25) is 5.91 Å². The van der Waals surface area contributed by atoms with Gasteiger partial charge in [-0.05, 0) is 18.9 Å². The van der Waals surface area contributed by atoms with Gasteiger partial charge in [-0.25, -0.2) is 0 Å². The summed E-state index contributed by atoms with van der Waals surface area (Å²) in [6, 6.07) is 0.771. The molecule has 0 saturated heterocycles. The van der Waals surface area contributed by atoms with E-state index in [0.717, 1.165) is 16.9 Å². The van der Waals surface area contributed by atoms with E-state index in [1.807, 2.05) is 0 Å². The fraction of sp³-hybridized carbons (Fsp3) is 0.615. The standard InChI is InChI=1S/C13H18F3N3O3/c1-3-12(4-2,11(21)22)8-17-10(20)7-19-6-5-9(18-19)13(14,15)16/h5-6H,3-4,7-8H2,1-2H3,(H,17,20)(H,21,22). The molecule has 6 nitrogen and oxygen atoms in total. The molecule has 1 amide bonds. The summed E-state index contributed by atoms with van der Waals surface area (Å²) < 4.78 is 38.0. The number of halogens is 3. The van der Waals surface area contributed by atoms with Crippen molar-refractivity contribution in [3.8, 4) is 0 Å². The Morgan fingerprint density at radius 2 is 1.91 bits per heavy atom. The van der Waals surface area contributed by atoms with Crippen molar-refractivity contribution < 1.29 is 27.9 Å². The highest BCUT2D eigenvalue weighted by atomic mass is 19.4. The Bertz CT molecular complexity index is 536. The molecule has 0 unspecified atom stereocenters. The second kappa shape index (κ2) is 6.80. The van der Waals surface area contributed by atoms with Crippen LogP contribution in [0.25, 0.3) is 0 Å². The predicted molar refractivity (Wildman–Crippen MR) is 70.9 cm³/mol. The minimum Gasteiger partial charge on any atom is -0.481 e. The highest BCUT2D eigenvalue weighted by molar-refractivity contribution is 5.78. The third-order valence-corrected chi connectivity index (χ3v) is 3.67. The third-order valence-electron chi connectivity index (χ3n) is 3.67. The lowest BCUT2D eigenvalue weighted by atomic mass is 9.82. The van der Waals surface area contributed by atoms with E-state index < -0.39 is 35.7 Å². The maximum atomic E-state index is 12.4. The van der Waals surface area contributed by atoms with Crippen LogP contribution >= 0.6 is 0 Å². The Morgan fingerprint density at radius 1 is 1.32 bits per heavy atom. The van der Waals surface area contributed by atoms with Gasteiger partial charge in [0.25, 0.3) is 0 Å². The summed E-state index contributed by atoms with van der Waals surface area (Å²) in [6.07, 6.45) is -2.85. The average molecular weight is 321 g/mol. The van der Waals surface area contributed by atoms with Crippen LogP contribution in [-0.2, 0) is 22.3 Å². The molecule has 9 heteroatoms. The van der Waals surface area contributed by atoms with Crippen LogP contribution in [0.1, 0.15) is 32.4 Å². The SMILES string of the molecule is CCC(CC)(CNC(=O)Cn1ccc(C(F)(F)F)n1)C(=O)O. The topological polar surface area (TPSA) is 84.2 Å². The molecule has 124 valence electrons. The van der Waals surface area contributed by atoms with Crippen molar-refractivity contribution >= 4 is 11.9 Å². The van der Waals surface area contributed by atoms with Crippen LogP contribution in [0.5, 0.6) is 0 Å². The monoisotopic (exact) mass is 321 g/mol. The summed E-state index contributed by atoms with van der Waals surface area (Å²) in [5.74, 6) is -1.61. The minimum absolute atomic E-state index is 0.0818. The van der Waals surface area contributed by atoms with Crippen LogP contribution in [0.2, 0.25) is 0 Å². The van der Waals surface area contributed by atoms with Gasteiger partial charge in [-0.2, -0.15) is 18.3 Å². The van der Waals surface area contributed by atoms with Gasteiger partial charge in [-0.3, -0.25) is 14.3 Å². The number of rotatable bonds is 7. The van der Waals surface area contributed by atoms with Crippen LogP contribution in [0.4, 0.5) is 13.2 Å². The van der Waals surface area contributed by atoms with Gasteiger partial charge in [0.05, 0.1) is 5.41 Å². The largest absolute Gasteiger partial charge is 0.481 e. The fourth-order valence-corrected chi connectivity index (χ4v) is 1.95. The molecule has 22 heavy (non-hydrogen) atoms. The molecule has 1 aromatic rings. The molecule has 1 aromatic heterocycles. The number of nitrogens with one attached hydrogen (secondary N) is 1. The third kappa shape index (κ3) is 4.22. The number of aliphatic carboxylic acids is 1. The first-order chi connectivity index (χ1) is 10.1. The first kappa shape index (κ1) is 18.0. The van der Waals surface area contributed by atoms with Gasteiger partial charge in [0.15, 0.2) is 5.69 Å². The van der Waals surface area contributed by atoms with E-state index in [-0.39, 0.29) is 6.54 Å². The van der Waals surface area contributed by atoms with Crippen molar-refractivity contribution in [3.63, 3.8) is 0 Å². The van der Waals surface area contributed by atoms with Gasteiger partial charge in [-0.15, -0.1) is 0 Å². The lowest BCUT2D eigenvalue weighted by Crippen LogP contribution is -2.43. The highest BCUT2D eigenvalue weighted by Gasteiger charge is 2.35. The van der Waals surface area contributed by atoms with E-state index in [1.54, 1.807) is 13.8 Å². The summed E-state index contributed by atoms with van der Waals surface area (Å²) >= 11 is 0. The zero-order chi connectivity index (χ0) is 17.0. The number of carboxylic acid groups (broad SMARTS) is 1.